The van der Waals surface area contributed by atoms with E-state index in [9.17, 15) is 24.8 Å². The van der Waals surface area contributed by atoms with Crippen molar-refractivity contribution in [3.05, 3.63) is 50.5 Å². The van der Waals surface area contributed by atoms with E-state index in [0.717, 1.165) is 4.91 Å². The van der Waals surface area contributed by atoms with Gasteiger partial charge in [0.2, 0.25) is 5.91 Å². The molecule has 1 aromatic carbocycles. The number of carbonyl (C=O) groups is 2. The summed E-state index contributed by atoms with van der Waals surface area (Å²) in [5, 5.41) is 20.4. The van der Waals surface area contributed by atoms with Crippen molar-refractivity contribution in [2.24, 2.45) is 5.92 Å². The number of nitrogens with zero attached hydrogens (tertiary/aromatic N) is 2. The molecule has 3 atom stereocenters. The van der Waals surface area contributed by atoms with E-state index in [4.69, 9.17) is 4.74 Å². The van der Waals surface area contributed by atoms with Crippen molar-refractivity contribution in [1.29, 1.82) is 0 Å². The van der Waals surface area contributed by atoms with Crippen molar-refractivity contribution >= 4 is 29.3 Å². The van der Waals surface area contributed by atoms with Gasteiger partial charge < -0.3 is 14.7 Å². The summed E-state index contributed by atoms with van der Waals surface area (Å²) in [7, 11) is 0. The maximum atomic E-state index is 12.5. The third kappa shape index (κ3) is 3.08. The Kier molecular flexibility index (Phi) is 5.01. The third-order valence-corrected chi connectivity index (χ3v) is 5.50. The van der Waals surface area contributed by atoms with Crippen molar-refractivity contribution in [3.63, 3.8) is 0 Å². The summed E-state index contributed by atoms with van der Waals surface area (Å²) in [4.78, 5) is 37.1. The molecule has 2 heterocycles. The van der Waals surface area contributed by atoms with E-state index in [-0.39, 0.29) is 29.9 Å². The van der Waals surface area contributed by atoms with E-state index in [1.54, 1.807) is 6.92 Å². The lowest BCUT2D eigenvalue weighted by Gasteiger charge is -2.44. The van der Waals surface area contributed by atoms with Gasteiger partial charge in [-0.2, -0.15) is 0 Å². The molecule has 1 N–H and O–H groups in total. The molecule has 2 aliphatic heterocycles. The number of hydrogen-bond donors (Lipinski definition) is 1. The molecule has 2 aliphatic rings. The van der Waals surface area contributed by atoms with Crippen LogP contribution in [0, 0.1) is 16.0 Å². The molecule has 3 rings (SSSR count). The van der Waals surface area contributed by atoms with Crippen molar-refractivity contribution in [1.82, 2.24) is 4.90 Å². The summed E-state index contributed by atoms with van der Waals surface area (Å²) in [6.07, 6.45) is 1.60. The van der Waals surface area contributed by atoms with Crippen LogP contribution < -0.4 is 0 Å². The van der Waals surface area contributed by atoms with Gasteiger partial charge in [-0.05, 0) is 30.9 Å². The Morgan fingerprint density at radius 3 is 2.65 bits per heavy atom. The highest BCUT2D eigenvalue weighted by Gasteiger charge is 2.56. The van der Waals surface area contributed by atoms with Gasteiger partial charge in [0.25, 0.3) is 5.69 Å². The van der Waals surface area contributed by atoms with Crippen molar-refractivity contribution < 1.29 is 24.4 Å². The minimum absolute atomic E-state index is 0.0403. The van der Waals surface area contributed by atoms with E-state index in [1.807, 2.05) is 6.26 Å². The van der Waals surface area contributed by atoms with Gasteiger partial charge in [0.1, 0.15) is 12.3 Å². The molecular weight excluding hydrogens is 360 g/mol. The number of thioether (sulfide) groups is 1. The van der Waals surface area contributed by atoms with Gasteiger partial charge in [0.05, 0.1) is 23.0 Å². The molecule has 0 unspecified atom stereocenters. The summed E-state index contributed by atoms with van der Waals surface area (Å²) in [5.74, 6) is -1.36. The first-order valence-electron chi connectivity index (χ1n) is 8.04. The molecule has 1 amide bonds. The monoisotopic (exact) mass is 378 g/mol. The number of aliphatic hydroxyl groups is 1. The predicted octanol–water partition coefficient (Wildman–Crippen LogP) is 1.82. The number of nitro benzene ring substituents is 1. The first-order chi connectivity index (χ1) is 12.3. The van der Waals surface area contributed by atoms with Gasteiger partial charge in [0, 0.05) is 23.5 Å². The lowest BCUT2D eigenvalue weighted by atomic mass is 9.83. The molecule has 0 aromatic heterocycles. The lowest BCUT2D eigenvalue weighted by molar-refractivity contribution is -0.384. The maximum Gasteiger partial charge on any atom is 0.356 e. The Morgan fingerprint density at radius 1 is 1.46 bits per heavy atom. The van der Waals surface area contributed by atoms with Crippen molar-refractivity contribution in [3.8, 4) is 0 Å². The molecule has 1 aromatic rings. The Hall–Kier alpha value is -2.39. The van der Waals surface area contributed by atoms with E-state index >= 15 is 0 Å². The van der Waals surface area contributed by atoms with Crippen LogP contribution in [0.2, 0.25) is 0 Å². The zero-order valence-corrected chi connectivity index (χ0v) is 15.1. The fourth-order valence-electron chi connectivity index (χ4n) is 3.33. The first kappa shape index (κ1) is 18.4. The molecule has 1 fully saturated rings. The summed E-state index contributed by atoms with van der Waals surface area (Å²) in [5.41, 5.74) is 0.814. The zero-order chi connectivity index (χ0) is 19.0. The van der Waals surface area contributed by atoms with Crippen LogP contribution in [-0.4, -0.2) is 45.2 Å². The van der Waals surface area contributed by atoms with Gasteiger partial charge in [-0.25, -0.2) is 4.79 Å². The van der Waals surface area contributed by atoms with Gasteiger partial charge in [0.15, 0.2) is 0 Å². The summed E-state index contributed by atoms with van der Waals surface area (Å²) in [6, 6.07) is 5.52. The first-order valence-corrected chi connectivity index (χ1v) is 9.26. The summed E-state index contributed by atoms with van der Waals surface area (Å²) < 4.78 is 5.30. The Balaban J connectivity index is 1.69. The number of esters is 1. The number of β-lactam (4-membered cyclic amide) rings is 1. The van der Waals surface area contributed by atoms with E-state index in [2.05, 4.69) is 0 Å². The number of ether oxygens (including phenoxy) is 1. The molecule has 1 saturated heterocycles. The maximum absolute atomic E-state index is 12.5. The van der Waals surface area contributed by atoms with Crippen LogP contribution in [0.25, 0.3) is 0 Å². The normalized spacial score (nSPS) is 22.7. The minimum Gasteiger partial charge on any atom is -0.456 e. The van der Waals surface area contributed by atoms with Crippen LogP contribution in [0.4, 0.5) is 5.69 Å². The molecule has 0 radical (unpaired) electrons. The Morgan fingerprint density at radius 2 is 2.12 bits per heavy atom. The van der Waals surface area contributed by atoms with Gasteiger partial charge >= 0.3 is 5.97 Å². The molecule has 0 bridgehead atoms. The average molecular weight is 378 g/mol. The standard InChI is InChI=1S/C17H18N2O6S/c1-9(20)14-12-7-13(26-2)15(18(12)16(14)21)17(22)25-8-10-3-5-11(6-4-10)19(23)24/h3-6,9,12,14,20H,7-8H2,1-2H3/t9-,12+,14+/m0/s1. The lowest BCUT2D eigenvalue weighted by Crippen LogP contribution is -2.61. The van der Waals surface area contributed by atoms with Crippen LogP contribution in [0.15, 0.2) is 34.9 Å². The topological polar surface area (TPSA) is 110 Å². The summed E-state index contributed by atoms with van der Waals surface area (Å²) in [6.45, 7) is 1.53. The molecule has 138 valence electrons. The molecule has 26 heavy (non-hydrogen) atoms. The van der Waals surface area contributed by atoms with Gasteiger partial charge in [-0.1, -0.05) is 0 Å². The van der Waals surface area contributed by atoms with Crippen LogP contribution in [-0.2, 0) is 20.9 Å². The zero-order valence-electron chi connectivity index (χ0n) is 14.2. The largest absolute Gasteiger partial charge is 0.456 e. The second-order valence-electron chi connectivity index (χ2n) is 6.22. The average Bonchev–Trinajstić information content (AvgIpc) is 2.93. The highest BCUT2D eigenvalue weighted by atomic mass is 32.2. The molecule has 9 heteroatoms. The number of rotatable bonds is 6. The molecule has 0 spiro atoms. The number of amides is 1. The number of nitro groups is 1. The van der Waals surface area contributed by atoms with Crippen LogP contribution in [0.3, 0.4) is 0 Å². The van der Waals surface area contributed by atoms with Crippen molar-refractivity contribution in [2.75, 3.05) is 6.26 Å². The summed E-state index contributed by atoms with van der Waals surface area (Å²) >= 11 is 1.39. The number of aliphatic hydroxyl groups excluding tert-OH is 1. The number of fused-ring (bicyclic) bond motifs is 1. The predicted molar refractivity (Wildman–Crippen MR) is 93.9 cm³/mol. The second-order valence-corrected chi connectivity index (χ2v) is 7.12. The Labute approximate surface area is 154 Å². The van der Waals surface area contributed by atoms with E-state index < -0.39 is 22.9 Å². The van der Waals surface area contributed by atoms with E-state index in [1.165, 1.54) is 40.9 Å². The van der Waals surface area contributed by atoms with Crippen molar-refractivity contribution in [2.45, 2.75) is 32.1 Å². The SMILES string of the molecule is CSC1=C(C(=O)OCc2ccc([N+](=O)[O-])cc2)N2C(=O)[C@H]([C@H](C)O)[C@H]2C1. The molecule has 0 aliphatic carbocycles. The van der Waals surface area contributed by atoms with E-state index in [0.29, 0.717) is 12.0 Å². The third-order valence-electron chi connectivity index (χ3n) is 4.64. The quantitative estimate of drug-likeness (QED) is 0.348. The highest BCUT2D eigenvalue weighted by Crippen LogP contribution is 2.46. The highest BCUT2D eigenvalue weighted by molar-refractivity contribution is 8.02. The second kappa shape index (κ2) is 7.08. The van der Waals surface area contributed by atoms with Gasteiger partial charge in [-0.3, -0.25) is 14.9 Å². The number of benzene rings is 1. The molecule has 8 nitrogen and oxygen atoms in total. The smallest absolute Gasteiger partial charge is 0.356 e. The minimum atomic E-state index is -0.762. The fourth-order valence-corrected chi connectivity index (χ4v) is 4.05. The van der Waals surface area contributed by atoms with Gasteiger partial charge in [-0.15, -0.1) is 11.8 Å². The van der Waals surface area contributed by atoms with Crippen LogP contribution >= 0.6 is 11.8 Å². The number of non-ortho nitro benzene ring substituents is 1. The van der Waals surface area contributed by atoms with Crippen LogP contribution in [0.5, 0.6) is 0 Å². The number of carbonyl (C=O) groups excluding carboxylic acids is 2. The molecular formula is C17H18N2O6S. The van der Waals surface area contributed by atoms with Crippen LogP contribution in [0.1, 0.15) is 18.9 Å². The Bertz CT molecular complexity index is 789. The molecule has 0 saturated carbocycles. The number of hydrogen-bond acceptors (Lipinski definition) is 7. The fraction of sp³-hybridized carbons (Fsp3) is 0.412.